The first-order valence-electron chi connectivity index (χ1n) is 6.93. The van der Waals surface area contributed by atoms with Crippen LogP contribution in [0.1, 0.15) is 30.1 Å². The van der Waals surface area contributed by atoms with E-state index in [1.807, 2.05) is 6.92 Å². The fraction of sp³-hybridized carbons (Fsp3) is 0.467. The lowest BCUT2D eigenvalue weighted by atomic mass is 10.1. The Balaban J connectivity index is 2.25. The Hall–Kier alpha value is -2.24. The van der Waals surface area contributed by atoms with Crippen LogP contribution < -0.4 is 9.47 Å². The highest BCUT2D eigenvalue weighted by Crippen LogP contribution is 2.29. The predicted molar refractivity (Wildman–Crippen MR) is 75.9 cm³/mol. The van der Waals surface area contributed by atoms with Gasteiger partial charge in [-0.3, -0.25) is 4.79 Å². The van der Waals surface area contributed by atoms with Gasteiger partial charge >= 0.3 is 5.97 Å². The fourth-order valence-corrected chi connectivity index (χ4v) is 2.51. The third-order valence-corrected chi connectivity index (χ3v) is 3.51. The predicted octanol–water partition coefficient (Wildman–Crippen LogP) is 1.78. The Morgan fingerprint density at radius 3 is 2.76 bits per heavy atom. The zero-order chi connectivity index (χ0) is 15.4. The molecule has 0 saturated carbocycles. The van der Waals surface area contributed by atoms with Crippen LogP contribution in [0.15, 0.2) is 18.2 Å². The summed E-state index contributed by atoms with van der Waals surface area (Å²) in [5.41, 5.74) is 0.406. The molecule has 6 nitrogen and oxygen atoms in total. The monoisotopic (exact) mass is 293 g/mol. The van der Waals surface area contributed by atoms with Gasteiger partial charge in [0.05, 0.1) is 13.7 Å². The van der Waals surface area contributed by atoms with Gasteiger partial charge in [-0.15, -0.1) is 0 Å². The van der Waals surface area contributed by atoms with Crippen LogP contribution in [-0.4, -0.2) is 48.2 Å². The summed E-state index contributed by atoms with van der Waals surface area (Å²) >= 11 is 0. The molecular formula is C15H19NO5. The number of carbonyl (C=O) groups is 2. The summed E-state index contributed by atoms with van der Waals surface area (Å²) in [4.78, 5) is 25.0. The number of carbonyl (C=O) groups excluding carboxylic acids is 1. The van der Waals surface area contributed by atoms with Crippen molar-refractivity contribution < 1.29 is 24.2 Å². The van der Waals surface area contributed by atoms with Gasteiger partial charge in [-0.25, -0.2) is 4.79 Å². The van der Waals surface area contributed by atoms with Gasteiger partial charge < -0.3 is 19.5 Å². The molecule has 0 spiro atoms. The van der Waals surface area contributed by atoms with Gasteiger partial charge in [0.25, 0.3) is 5.91 Å². The van der Waals surface area contributed by atoms with Crippen LogP contribution in [-0.2, 0) is 4.79 Å². The molecule has 1 aliphatic rings. The van der Waals surface area contributed by atoms with Crippen LogP contribution in [0.25, 0.3) is 0 Å². The zero-order valence-electron chi connectivity index (χ0n) is 12.2. The average molecular weight is 293 g/mol. The molecule has 1 unspecified atom stereocenters. The molecule has 1 heterocycles. The number of likely N-dealkylation sites (tertiary alicyclic amines) is 1. The first-order chi connectivity index (χ1) is 10.1. The lowest BCUT2D eigenvalue weighted by Crippen LogP contribution is -2.40. The molecule has 1 amide bonds. The van der Waals surface area contributed by atoms with E-state index < -0.39 is 12.0 Å². The zero-order valence-corrected chi connectivity index (χ0v) is 12.2. The fourth-order valence-electron chi connectivity index (χ4n) is 2.51. The van der Waals surface area contributed by atoms with Crippen LogP contribution in [0.3, 0.4) is 0 Å². The number of carboxylic acid groups (broad SMARTS) is 1. The molecular weight excluding hydrogens is 274 g/mol. The number of ether oxygens (including phenoxy) is 2. The molecule has 1 atom stereocenters. The Bertz CT molecular complexity index is 543. The van der Waals surface area contributed by atoms with E-state index in [-0.39, 0.29) is 5.91 Å². The number of methoxy groups -OCH3 is 1. The summed E-state index contributed by atoms with van der Waals surface area (Å²) in [6, 6.07) is 4.15. The average Bonchev–Trinajstić information content (AvgIpc) is 2.97. The first-order valence-corrected chi connectivity index (χ1v) is 6.93. The Morgan fingerprint density at radius 2 is 2.14 bits per heavy atom. The summed E-state index contributed by atoms with van der Waals surface area (Å²) in [6.45, 7) is 2.82. The molecule has 1 saturated heterocycles. The molecule has 0 radical (unpaired) electrons. The molecule has 1 aliphatic heterocycles. The minimum Gasteiger partial charge on any atom is -0.493 e. The normalized spacial score (nSPS) is 17.6. The van der Waals surface area contributed by atoms with Gasteiger partial charge in [0.15, 0.2) is 11.5 Å². The van der Waals surface area contributed by atoms with Crippen molar-refractivity contribution in [1.82, 2.24) is 4.90 Å². The second-order valence-electron chi connectivity index (χ2n) is 4.79. The number of nitrogens with zero attached hydrogens (tertiary/aromatic N) is 1. The van der Waals surface area contributed by atoms with Gasteiger partial charge in [-0.05, 0) is 38.0 Å². The molecule has 1 aromatic carbocycles. The number of hydrogen-bond acceptors (Lipinski definition) is 4. The molecule has 1 N–H and O–H groups in total. The standard InChI is InChI=1S/C15H19NO5/c1-3-21-12-7-6-10(9-13(12)20-2)14(17)16-8-4-5-11(16)15(18)19/h6-7,9,11H,3-5,8H2,1-2H3,(H,18,19). The van der Waals surface area contributed by atoms with Crippen molar-refractivity contribution in [1.29, 1.82) is 0 Å². The van der Waals surface area contributed by atoms with Crippen molar-refractivity contribution in [3.63, 3.8) is 0 Å². The van der Waals surface area contributed by atoms with E-state index in [1.54, 1.807) is 18.2 Å². The van der Waals surface area contributed by atoms with Crippen LogP contribution in [0.5, 0.6) is 11.5 Å². The van der Waals surface area contributed by atoms with Crippen molar-refractivity contribution in [3.05, 3.63) is 23.8 Å². The second kappa shape index (κ2) is 6.47. The van der Waals surface area contributed by atoms with E-state index in [9.17, 15) is 9.59 Å². The number of hydrogen-bond donors (Lipinski definition) is 1. The molecule has 0 aromatic heterocycles. The summed E-state index contributed by atoms with van der Waals surface area (Å²) in [5.74, 6) is -0.221. The molecule has 114 valence electrons. The molecule has 1 aromatic rings. The number of rotatable bonds is 5. The first kappa shape index (κ1) is 15.2. The van der Waals surface area contributed by atoms with Gasteiger partial charge in [0, 0.05) is 12.1 Å². The Kier molecular flexibility index (Phi) is 4.67. The maximum Gasteiger partial charge on any atom is 0.326 e. The minimum atomic E-state index is -0.959. The van der Waals surface area contributed by atoms with Gasteiger partial charge in [-0.2, -0.15) is 0 Å². The highest BCUT2D eigenvalue weighted by molar-refractivity contribution is 5.97. The SMILES string of the molecule is CCOc1ccc(C(=O)N2CCCC2C(=O)O)cc1OC. The molecule has 0 aliphatic carbocycles. The van der Waals surface area contributed by atoms with E-state index >= 15 is 0 Å². The number of amides is 1. The molecule has 21 heavy (non-hydrogen) atoms. The van der Waals surface area contributed by atoms with Crippen LogP contribution in [0.4, 0.5) is 0 Å². The van der Waals surface area contributed by atoms with Gasteiger partial charge in [0.2, 0.25) is 0 Å². The summed E-state index contributed by atoms with van der Waals surface area (Å²) in [7, 11) is 1.50. The second-order valence-corrected chi connectivity index (χ2v) is 4.79. The van der Waals surface area contributed by atoms with Crippen molar-refractivity contribution in [2.45, 2.75) is 25.8 Å². The molecule has 6 heteroatoms. The highest BCUT2D eigenvalue weighted by Gasteiger charge is 2.34. The lowest BCUT2D eigenvalue weighted by molar-refractivity contribution is -0.141. The van der Waals surface area contributed by atoms with Gasteiger partial charge in [0.1, 0.15) is 6.04 Å². The smallest absolute Gasteiger partial charge is 0.326 e. The van der Waals surface area contributed by atoms with E-state index in [4.69, 9.17) is 14.6 Å². The van der Waals surface area contributed by atoms with Gasteiger partial charge in [-0.1, -0.05) is 0 Å². The minimum absolute atomic E-state index is 0.291. The van der Waals surface area contributed by atoms with Crippen molar-refractivity contribution in [3.8, 4) is 11.5 Å². The third-order valence-electron chi connectivity index (χ3n) is 3.51. The third kappa shape index (κ3) is 3.09. The Morgan fingerprint density at radius 1 is 1.38 bits per heavy atom. The number of benzene rings is 1. The Labute approximate surface area is 123 Å². The summed E-state index contributed by atoms with van der Waals surface area (Å²) < 4.78 is 10.6. The summed E-state index contributed by atoms with van der Waals surface area (Å²) in [5, 5.41) is 9.16. The molecule has 1 fully saturated rings. The summed E-state index contributed by atoms with van der Waals surface area (Å²) in [6.07, 6.45) is 1.20. The van der Waals surface area contributed by atoms with Crippen LogP contribution in [0.2, 0.25) is 0 Å². The highest BCUT2D eigenvalue weighted by atomic mass is 16.5. The lowest BCUT2D eigenvalue weighted by Gasteiger charge is -2.22. The maximum absolute atomic E-state index is 12.5. The van der Waals surface area contributed by atoms with E-state index in [0.717, 1.165) is 0 Å². The van der Waals surface area contributed by atoms with Crippen molar-refractivity contribution in [2.75, 3.05) is 20.3 Å². The van der Waals surface area contributed by atoms with E-state index in [1.165, 1.54) is 12.0 Å². The molecule has 2 rings (SSSR count). The topological polar surface area (TPSA) is 76.1 Å². The van der Waals surface area contributed by atoms with E-state index in [2.05, 4.69) is 0 Å². The van der Waals surface area contributed by atoms with Crippen molar-refractivity contribution in [2.24, 2.45) is 0 Å². The van der Waals surface area contributed by atoms with Crippen LogP contribution >= 0.6 is 0 Å². The quantitative estimate of drug-likeness (QED) is 0.895. The van der Waals surface area contributed by atoms with Crippen molar-refractivity contribution >= 4 is 11.9 Å². The maximum atomic E-state index is 12.5. The largest absolute Gasteiger partial charge is 0.493 e. The van der Waals surface area contributed by atoms with Crippen LogP contribution in [0, 0.1) is 0 Å². The molecule has 0 bridgehead atoms. The number of carboxylic acids is 1. The number of aliphatic carboxylic acids is 1. The van der Waals surface area contributed by atoms with E-state index in [0.29, 0.717) is 43.1 Å².